The van der Waals surface area contributed by atoms with Gasteiger partial charge in [0.05, 0.1) is 20.6 Å². The third kappa shape index (κ3) is 4.01. The Balaban J connectivity index is 1.93. The Labute approximate surface area is 132 Å². The number of methoxy groups -OCH3 is 2. The number of carbonyl (C=O) groups is 1. The van der Waals surface area contributed by atoms with E-state index in [0.29, 0.717) is 17.9 Å². The molecule has 1 amide bonds. The zero-order valence-electron chi connectivity index (χ0n) is 13.4. The van der Waals surface area contributed by atoms with Crippen molar-refractivity contribution in [1.29, 1.82) is 0 Å². The zero-order valence-corrected chi connectivity index (χ0v) is 13.4. The number of ether oxygens (including phenoxy) is 2. The van der Waals surface area contributed by atoms with Crippen molar-refractivity contribution in [1.82, 2.24) is 9.80 Å². The predicted molar refractivity (Wildman–Crippen MR) is 86.5 cm³/mol. The Morgan fingerprint density at radius 1 is 1.18 bits per heavy atom. The molecule has 1 fully saturated rings. The lowest BCUT2D eigenvalue weighted by Crippen LogP contribution is -2.49. The van der Waals surface area contributed by atoms with Crippen molar-refractivity contribution < 1.29 is 14.3 Å². The van der Waals surface area contributed by atoms with Gasteiger partial charge in [-0.3, -0.25) is 9.69 Å². The quantitative estimate of drug-likeness (QED) is 0.748. The van der Waals surface area contributed by atoms with Gasteiger partial charge < -0.3 is 14.4 Å². The van der Waals surface area contributed by atoms with Crippen LogP contribution in [-0.2, 0) is 11.2 Å². The lowest BCUT2D eigenvalue weighted by Gasteiger charge is -2.34. The van der Waals surface area contributed by atoms with Crippen LogP contribution in [0.4, 0.5) is 0 Å². The Kier molecular flexibility index (Phi) is 5.83. The molecule has 1 aliphatic heterocycles. The molecule has 0 aliphatic carbocycles. The van der Waals surface area contributed by atoms with Crippen LogP contribution >= 0.6 is 0 Å². The van der Waals surface area contributed by atoms with Gasteiger partial charge in [-0.1, -0.05) is 12.1 Å². The summed E-state index contributed by atoms with van der Waals surface area (Å²) in [6.07, 6.45) is 2.29. The molecule has 0 N–H and O–H groups in total. The molecule has 0 aromatic heterocycles. The minimum atomic E-state index is 0.158. The van der Waals surface area contributed by atoms with Crippen LogP contribution in [0, 0.1) is 0 Å². The lowest BCUT2D eigenvalue weighted by molar-refractivity contribution is -0.132. The molecule has 5 nitrogen and oxygen atoms in total. The second-order valence-electron chi connectivity index (χ2n) is 5.34. The molecule has 2 rings (SSSR count). The topological polar surface area (TPSA) is 42.0 Å². The van der Waals surface area contributed by atoms with Crippen LogP contribution < -0.4 is 9.47 Å². The molecular formula is C17H24N2O3. The van der Waals surface area contributed by atoms with Crippen LogP contribution in [0.15, 0.2) is 30.9 Å². The van der Waals surface area contributed by atoms with Crippen molar-refractivity contribution in [2.75, 3.05) is 46.9 Å². The highest BCUT2D eigenvalue weighted by Crippen LogP contribution is 2.27. The van der Waals surface area contributed by atoms with E-state index in [1.54, 1.807) is 14.2 Å². The number of benzene rings is 1. The number of piperazine rings is 1. The Morgan fingerprint density at radius 3 is 2.45 bits per heavy atom. The summed E-state index contributed by atoms with van der Waals surface area (Å²) in [6, 6.07) is 5.61. The van der Waals surface area contributed by atoms with E-state index in [1.807, 2.05) is 29.2 Å². The maximum Gasteiger partial charge on any atom is 0.227 e. The summed E-state index contributed by atoms with van der Waals surface area (Å²) in [6.45, 7) is 8.01. The van der Waals surface area contributed by atoms with Crippen LogP contribution in [0.2, 0.25) is 0 Å². The molecule has 0 bridgehead atoms. The standard InChI is InChI=1S/C17H24N2O3/c1-4-7-18-8-10-19(11-9-18)17(20)13-14-5-6-15(21-2)16(12-14)22-3/h4-6,12H,1,7-11,13H2,2-3H3. The SMILES string of the molecule is C=CCN1CCN(C(=O)Cc2ccc(OC)c(OC)c2)CC1. The fourth-order valence-corrected chi connectivity index (χ4v) is 2.64. The molecule has 1 aromatic rings. The van der Waals surface area contributed by atoms with E-state index in [9.17, 15) is 4.79 Å². The minimum absolute atomic E-state index is 0.158. The average molecular weight is 304 g/mol. The molecule has 1 heterocycles. The van der Waals surface area contributed by atoms with Crippen LogP contribution in [0.1, 0.15) is 5.56 Å². The first kappa shape index (κ1) is 16.4. The predicted octanol–water partition coefficient (Wildman–Crippen LogP) is 1.58. The van der Waals surface area contributed by atoms with Crippen molar-refractivity contribution in [3.8, 4) is 11.5 Å². The maximum atomic E-state index is 12.4. The van der Waals surface area contributed by atoms with E-state index in [4.69, 9.17) is 9.47 Å². The summed E-state index contributed by atoms with van der Waals surface area (Å²) >= 11 is 0. The van der Waals surface area contributed by atoms with Gasteiger partial charge in [0, 0.05) is 32.7 Å². The summed E-state index contributed by atoms with van der Waals surface area (Å²) in [7, 11) is 3.20. The third-order valence-corrected chi connectivity index (χ3v) is 3.92. The molecule has 1 aromatic carbocycles. The average Bonchev–Trinajstić information content (AvgIpc) is 2.55. The minimum Gasteiger partial charge on any atom is -0.493 e. The fourth-order valence-electron chi connectivity index (χ4n) is 2.64. The molecule has 0 radical (unpaired) electrons. The number of amides is 1. The van der Waals surface area contributed by atoms with Crippen LogP contribution in [-0.4, -0.2) is 62.7 Å². The first-order chi connectivity index (χ1) is 10.7. The van der Waals surface area contributed by atoms with E-state index in [-0.39, 0.29) is 5.91 Å². The second-order valence-corrected chi connectivity index (χ2v) is 5.34. The number of hydrogen-bond acceptors (Lipinski definition) is 4. The van der Waals surface area contributed by atoms with Crippen molar-refractivity contribution in [2.45, 2.75) is 6.42 Å². The Hall–Kier alpha value is -2.01. The summed E-state index contributed by atoms with van der Waals surface area (Å²) in [5.41, 5.74) is 0.941. The Morgan fingerprint density at radius 2 is 1.86 bits per heavy atom. The van der Waals surface area contributed by atoms with E-state index >= 15 is 0 Å². The Bertz CT molecular complexity index is 523. The smallest absolute Gasteiger partial charge is 0.227 e. The van der Waals surface area contributed by atoms with Crippen molar-refractivity contribution in [3.63, 3.8) is 0 Å². The number of hydrogen-bond donors (Lipinski definition) is 0. The van der Waals surface area contributed by atoms with Gasteiger partial charge in [-0.25, -0.2) is 0 Å². The number of nitrogens with zero attached hydrogens (tertiary/aromatic N) is 2. The second kappa shape index (κ2) is 7.84. The third-order valence-electron chi connectivity index (χ3n) is 3.92. The van der Waals surface area contributed by atoms with Gasteiger partial charge in [0.25, 0.3) is 0 Å². The van der Waals surface area contributed by atoms with Gasteiger partial charge in [0.1, 0.15) is 0 Å². The van der Waals surface area contributed by atoms with Crippen molar-refractivity contribution in [2.24, 2.45) is 0 Å². The molecule has 1 saturated heterocycles. The van der Waals surface area contributed by atoms with Crippen molar-refractivity contribution in [3.05, 3.63) is 36.4 Å². The molecule has 0 atom stereocenters. The van der Waals surface area contributed by atoms with Gasteiger partial charge in [-0.05, 0) is 17.7 Å². The van der Waals surface area contributed by atoms with Crippen LogP contribution in [0.3, 0.4) is 0 Å². The van der Waals surface area contributed by atoms with E-state index in [1.165, 1.54) is 0 Å². The van der Waals surface area contributed by atoms with E-state index < -0.39 is 0 Å². The first-order valence-electron chi connectivity index (χ1n) is 7.50. The van der Waals surface area contributed by atoms with E-state index in [2.05, 4.69) is 11.5 Å². The highest BCUT2D eigenvalue weighted by atomic mass is 16.5. The summed E-state index contributed by atoms with van der Waals surface area (Å²) < 4.78 is 10.5. The van der Waals surface area contributed by atoms with Gasteiger partial charge in [0.2, 0.25) is 5.91 Å². The molecule has 0 saturated carbocycles. The normalized spacial score (nSPS) is 15.5. The highest BCUT2D eigenvalue weighted by Gasteiger charge is 2.20. The largest absolute Gasteiger partial charge is 0.493 e. The highest BCUT2D eigenvalue weighted by molar-refractivity contribution is 5.79. The monoisotopic (exact) mass is 304 g/mol. The number of rotatable bonds is 6. The number of carbonyl (C=O) groups excluding carboxylic acids is 1. The molecule has 0 unspecified atom stereocenters. The zero-order chi connectivity index (χ0) is 15.9. The van der Waals surface area contributed by atoms with Crippen LogP contribution in [0.25, 0.3) is 0 Å². The van der Waals surface area contributed by atoms with Gasteiger partial charge in [-0.15, -0.1) is 6.58 Å². The van der Waals surface area contributed by atoms with Crippen molar-refractivity contribution >= 4 is 5.91 Å². The van der Waals surface area contributed by atoms with Gasteiger partial charge in [-0.2, -0.15) is 0 Å². The molecule has 22 heavy (non-hydrogen) atoms. The molecular weight excluding hydrogens is 280 g/mol. The summed E-state index contributed by atoms with van der Waals surface area (Å²) in [4.78, 5) is 16.6. The van der Waals surface area contributed by atoms with Gasteiger partial charge in [0.15, 0.2) is 11.5 Å². The first-order valence-corrected chi connectivity index (χ1v) is 7.50. The lowest BCUT2D eigenvalue weighted by atomic mass is 10.1. The molecule has 120 valence electrons. The van der Waals surface area contributed by atoms with Crippen LogP contribution in [0.5, 0.6) is 11.5 Å². The maximum absolute atomic E-state index is 12.4. The molecule has 5 heteroatoms. The van der Waals surface area contributed by atoms with E-state index in [0.717, 1.165) is 38.3 Å². The fraction of sp³-hybridized carbons (Fsp3) is 0.471. The summed E-state index contributed by atoms with van der Waals surface area (Å²) in [5.74, 6) is 1.49. The van der Waals surface area contributed by atoms with Gasteiger partial charge >= 0.3 is 0 Å². The molecule has 0 spiro atoms. The molecule has 1 aliphatic rings. The summed E-state index contributed by atoms with van der Waals surface area (Å²) in [5, 5.41) is 0.